The number of anilines is 1. The van der Waals surface area contributed by atoms with Crippen molar-refractivity contribution in [1.82, 2.24) is 9.78 Å². The zero-order valence-electron chi connectivity index (χ0n) is 21.2. The van der Waals surface area contributed by atoms with E-state index in [4.69, 9.17) is 0 Å². The molecular formula is C26H26F7N3O2S2. The van der Waals surface area contributed by atoms with Gasteiger partial charge in [0.25, 0.3) is 0 Å². The van der Waals surface area contributed by atoms with E-state index in [9.17, 15) is 40.3 Å². The Morgan fingerprint density at radius 1 is 1.00 bits per heavy atom. The molecule has 3 aromatic rings. The van der Waals surface area contributed by atoms with E-state index in [0.29, 0.717) is 16.3 Å². The Bertz CT molecular complexity index is 1370. The molecule has 0 saturated heterocycles. The topological polar surface area (TPSA) is 55.2 Å². The summed E-state index contributed by atoms with van der Waals surface area (Å²) < 4.78 is 94.0. The summed E-state index contributed by atoms with van der Waals surface area (Å²) in [6, 6.07) is 8.75. The van der Waals surface area contributed by atoms with Crippen molar-refractivity contribution < 1.29 is 40.3 Å². The van der Waals surface area contributed by atoms with Gasteiger partial charge in [0.05, 0.1) is 17.2 Å². The molecule has 4 rings (SSSR count). The van der Waals surface area contributed by atoms with E-state index in [1.165, 1.54) is 25.1 Å². The monoisotopic (exact) mass is 609 g/mol. The van der Waals surface area contributed by atoms with E-state index < -0.39 is 60.2 Å². The van der Waals surface area contributed by atoms with Crippen LogP contribution < -0.4 is 4.90 Å². The fourth-order valence-corrected chi connectivity index (χ4v) is 4.93. The van der Waals surface area contributed by atoms with Gasteiger partial charge in [-0.25, -0.2) is 9.07 Å². The molecule has 5 nitrogen and oxygen atoms in total. The second-order valence-electron chi connectivity index (χ2n) is 9.02. The molecule has 0 spiro atoms. The van der Waals surface area contributed by atoms with Crippen LogP contribution in [0.4, 0.5) is 36.6 Å². The summed E-state index contributed by atoms with van der Waals surface area (Å²) in [4.78, 5) is 28.0. The molecular weight excluding hydrogens is 583 g/mol. The van der Waals surface area contributed by atoms with Crippen LogP contribution >= 0.6 is 27.0 Å². The van der Waals surface area contributed by atoms with Gasteiger partial charge in [-0.15, -0.1) is 0 Å². The number of ketones is 1. The number of hydrogen-bond donors (Lipinski definition) is 0. The number of carbonyl (C=O) groups is 2. The van der Waals surface area contributed by atoms with Gasteiger partial charge >= 0.3 is 12.4 Å². The van der Waals surface area contributed by atoms with Crippen LogP contribution in [0.3, 0.4) is 0 Å². The van der Waals surface area contributed by atoms with Gasteiger partial charge in [-0.2, -0.15) is 58.4 Å². The summed E-state index contributed by atoms with van der Waals surface area (Å²) in [7, 11) is 0. The van der Waals surface area contributed by atoms with Crippen molar-refractivity contribution in [2.75, 3.05) is 11.4 Å². The predicted octanol–water partition coefficient (Wildman–Crippen LogP) is 6.52. The van der Waals surface area contributed by atoms with Gasteiger partial charge < -0.3 is 0 Å². The number of hydrogen-bond acceptors (Lipinski definition) is 3. The largest absolute Gasteiger partial charge is 0.416 e. The number of nitrogens with zero attached hydrogens (tertiary/aromatic N) is 3. The van der Waals surface area contributed by atoms with Crippen molar-refractivity contribution in [3.8, 4) is 0 Å². The summed E-state index contributed by atoms with van der Waals surface area (Å²) in [5.74, 6) is -4.27. The number of rotatable bonds is 6. The molecule has 0 fully saturated rings. The lowest BCUT2D eigenvalue weighted by molar-refractivity contribution is -0.142. The van der Waals surface area contributed by atoms with Crippen molar-refractivity contribution in [3.63, 3.8) is 0 Å². The number of fused-ring (bicyclic) bond motifs is 1. The Balaban J connectivity index is 0.00000280. The van der Waals surface area contributed by atoms with Crippen molar-refractivity contribution in [3.05, 3.63) is 82.3 Å². The Morgan fingerprint density at radius 2 is 1.62 bits per heavy atom. The number of alkyl halides is 6. The second-order valence-corrected chi connectivity index (χ2v) is 9.02. The lowest BCUT2D eigenvalue weighted by Gasteiger charge is -2.38. The Labute approximate surface area is 239 Å². The van der Waals surface area contributed by atoms with Gasteiger partial charge in [0.2, 0.25) is 5.91 Å². The molecule has 1 aliphatic heterocycles. The minimum atomic E-state index is -4.69. The third-order valence-corrected chi connectivity index (χ3v) is 6.49. The van der Waals surface area contributed by atoms with Gasteiger partial charge in [-0.3, -0.25) is 14.5 Å². The van der Waals surface area contributed by atoms with Crippen LogP contribution in [-0.2, 0) is 17.5 Å². The van der Waals surface area contributed by atoms with Crippen LogP contribution in [0.15, 0.2) is 48.5 Å². The molecule has 0 radical (unpaired) electrons. The number of halogens is 7. The summed E-state index contributed by atoms with van der Waals surface area (Å²) in [5, 5.41) is 4.03. The fraction of sp³-hybridized carbons (Fsp3) is 0.346. The molecule has 14 heteroatoms. The first-order valence-electron chi connectivity index (χ1n) is 11.6. The van der Waals surface area contributed by atoms with E-state index in [1.807, 2.05) is 0 Å². The third-order valence-electron chi connectivity index (χ3n) is 6.49. The highest BCUT2D eigenvalue weighted by Gasteiger charge is 2.46. The van der Waals surface area contributed by atoms with Crippen molar-refractivity contribution in [2.24, 2.45) is 5.92 Å². The Kier molecular flexibility index (Phi) is 10.2. The zero-order valence-corrected chi connectivity index (χ0v) is 23.2. The quantitative estimate of drug-likeness (QED) is 0.236. The summed E-state index contributed by atoms with van der Waals surface area (Å²) in [6.07, 6.45) is -9.86. The average Bonchev–Trinajstić information content (AvgIpc) is 3.13. The summed E-state index contributed by atoms with van der Waals surface area (Å²) in [6.45, 7) is 1.51. The van der Waals surface area contributed by atoms with Crippen LogP contribution in [0, 0.1) is 18.7 Å². The first kappa shape index (κ1) is 33.2. The smallest absolute Gasteiger partial charge is 0.297 e. The maximum absolute atomic E-state index is 13.7. The molecule has 1 amide bonds. The molecule has 1 aromatic heterocycles. The molecule has 0 unspecified atom stereocenters. The van der Waals surface area contributed by atoms with E-state index in [0.717, 1.165) is 29.2 Å². The lowest BCUT2D eigenvalue weighted by Crippen LogP contribution is -2.45. The van der Waals surface area contributed by atoms with Crippen molar-refractivity contribution in [2.45, 2.75) is 45.1 Å². The van der Waals surface area contributed by atoms with Crippen LogP contribution in [0.5, 0.6) is 0 Å². The normalized spacial score (nSPS) is 17.1. The molecule has 0 saturated carbocycles. The third kappa shape index (κ3) is 6.65. The molecule has 0 bridgehead atoms. The lowest BCUT2D eigenvalue weighted by atomic mass is 9.74. The Hall–Kier alpha value is -3.00. The molecule has 0 N–H and O–H groups in total. The maximum Gasteiger partial charge on any atom is 0.416 e. The number of carbonyl (C=O) groups excluding carboxylic acids is 2. The van der Waals surface area contributed by atoms with E-state index >= 15 is 0 Å². The van der Waals surface area contributed by atoms with Crippen molar-refractivity contribution >= 4 is 44.5 Å². The van der Waals surface area contributed by atoms with Gasteiger partial charge in [0.1, 0.15) is 18.2 Å². The second kappa shape index (κ2) is 12.2. The van der Waals surface area contributed by atoms with E-state index in [1.54, 1.807) is 6.92 Å². The first-order valence-corrected chi connectivity index (χ1v) is 11.6. The van der Waals surface area contributed by atoms with E-state index in [-0.39, 0.29) is 56.2 Å². The first-order chi connectivity index (χ1) is 17.7. The van der Waals surface area contributed by atoms with Gasteiger partial charge in [-0.1, -0.05) is 24.3 Å². The van der Waals surface area contributed by atoms with Gasteiger partial charge in [0, 0.05) is 30.0 Å². The fourth-order valence-electron chi connectivity index (χ4n) is 4.93. The highest BCUT2D eigenvalue weighted by molar-refractivity contribution is 7.59. The number of aryl methyl sites for hydroxylation is 1. The number of benzene rings is 2. The molecule has 0 aliphatic carbocycles. The molecule has 1 aliphatic rings. The van der Waals surface area contributed by atoms with Crippen LogP contribution in [0.25, 0.3) is 0 Å². The number of amides is 1. The maximum atomic E-state index is 13.7. The standard InChI is InChI=1S/C26H22F7N3O2.2H2S/c1-3-35-23-21(14(2)34-36(23)13-25(28,29)30)22(15-7-9-18(27)10-8-15)19(24(35)38)12-20(37)16-5-4-6-17(11-16)26(31,32)33;;/h4-11,19,22H,3,12-13H2,1-2H3;2*1H2/t19-,22+;;/m0../s1. The predicted molar refractivity (Wildman–Crippen MR) is 144 cm³/mol. The number of aromatic nitrogens is 2. The number of Topliss-reactive ketones (excluding diaryl/α,β-unsaturated/α-hetero) is 1. The molecule has 2 aromatic carbocycles. The van der Waals surface area contributed by atoms with Crippen LogP contribution in [0.1, 0.15) is 52.0 Å². The molecule has 2 heterocycles. The zero-order chi connectivity index (χ0) is 28.0. The summed E-state index contributed by atoms with van der Waals surface area (Å²) >= 11 is 0. The molecule has 2 atom stereocenters. The Morgan fingerprint density at radius 3 is 2.17 bits per heavy atom. The van der Waals surface area contributed by atoms with Crippen LogP contribution in [-0.4, -0.2) is 34.2 Å². The highest BCUT2D eigenvalue weighted by atomic mass is 32.1. The van der Waals surface area contributed by atoms with E-state index in [2.05, 4.69) is 5.10 Å². The molecule has 40 heavy (non-hydrogen) atoms. The van der Waals surface area contributed by atoms with Crippen LogP contribution in [0.2, 0.25) is 0 Å². The minimum Gasteiger partial charge on any atom is -0.297 e. The molecule has 218 valence electrons. The highest BCUT2D eigenvalue weighted by Crippen LogP contribution is 2.47. The van der Waals surface area contributed by atoms with Crippen molar-refractivity contribution in [1.29, 1.82) is 0 Å². The SMILES string of the molecule is CCN1C(=O)[C@@H](CC(=O)c2cccc(C(F)(F)F)c2)[C@@H](c2ccc(F)cc2)c2c(C)nn(CC(F)(F)F)c21.S.S. The van der Waals surface area contributed by atoms with Gasteiger partial charge in [-0.05, 0) is 43.7 Å². The van der Waals surface area contributed by atoms with Gasteiger partial charge in [0.15, 0.2) is 5.78 Å². The minimum absolute atomic E-state index is 0. The average molecular weight is 610 g/mol. The summed E-state index contributed by atoms with van der Waals surface area (Å²) in [5.41, 5.74) is -0.489.